The van der Waals surface area contributed by atoms with Gasteiger partial charge in [-0.1, -0.05) is 24.3 Å². The zero-order valence-corrected chi connectivity index (χ0v) is 17.3. The second-order valence-corrected chi connectivity index (χ2v) is 7.79. The molecule has 2 amide bonds. The van der Waals surface area contributed by atoms with Gasteiger partial charge in [0, 0.05) is 0 Å². The molecule has 2 aromatic carbocycles. The van der Waals surface area contributed by atoms with Crippen molar-refractivity contribution in [2.45, 2.75) is 26.6 Å². The SMILES string of the molecule is CC(C)OC(=O)CN1C(=O)S/C(=C/c2ccc(OCc3cccc(F)c3)cc2)C1=O. The van der Waals surface area contributed by atoms with Crippen LogP contribution in [0.5, 0.6) is 5.75 Å². The maximum atomic E-state index is 13.2. The Bertz CT molecular complexity index is 987. The number of hydrogen-bond acceptors (Lipinski definition) is 6. The number of imide groups is 1. The molecule has 0 radical (unpaired) electrons. The van der Waals surface area contributed by atoms with E-state index in [4.69, 9.17) is 9.47 Å². The van der Waals surface area contributed by atoms with Gasteiger partial charge in [-0.25, -0.2) is 4.39 Å². The van der Waals surface area contributed by atoms with E-state index >= 15 is 0 Å². The van der Waals surface area contributed by atoms with Crippen LogP contribution in [0.2, 0.25) is 0 Å². The van der Waals surface area contributed by atoms with Gasteiger partial charge in [0.1, 0.15) is 24.7 Å². The average Bonchev–Trinajstić information content (AvgIpc) is 2.94. The molecule has 0 aromatic heterocycles. The summed E-state index contributed by atoms with van der Waals surface area (Å²) in [5.41, 5.74) is 1.41. The lowest BCUT2D eigenvalue weighted by atomic mass is 10.2. The van der Waals surface area contributed by atoms with Gasteiger partial charge < -0.3 is 9.47 Å². The Morgan fingerprint density at radius 2 is 1.90 bits per heavy atom. The minimum absolute atomic E-state index is 0.225. The Hall–Kier alpha value is -3.13. The van der Waals surface area contributed by atoms with Gasteiger partial charge in [-0.05, 0) is 67.1 Å². The number of carbonyl (C=O) groups is 3. The highest BCUT2D eigenvalue weighted by Crippen LogP contribution is 2.32. The van der Waals surface area contributed by atoms with E-state index in [-0.39, 0.29) is 23.4 Å². The fourth-order valence-electron chi connectivity index (χ4n) is 2.67. The summed E-state index contributed by atoms with van der Waals surface area (Å²) in [6, 6.07) is 13.1. The zero-order valence-electron chi connectivity index (χ0n) is 16.5. The van der Waals surface area contributed by atoms with Crippen molar-refractivity contribution in [2.75, 3.05) is 6.54 Å². The number of halogens is 1. The Kier molecular flexibility index (Phi) is 6.89. The quantitative estimate of drug-likeness (QED) is 0.480. The van der Waals surface area contributed by atoms with Gasteiger partial charge in [0.15, 0.2) is 0 Å². The molecule has 30 heavy (non-hydrogen) atoms. The van der Waals surface area contributed by atoms with Crippen LogP contribution >= 0.6 is 11.8 Å². The van der Waals surface area contributed by atoms with Crippen molar-refractivity contribution < 1.29 is 28.2 Å². The van der Waals surface area contributed by atoms with E-state index < -0.39 is 23.7 Å². The molecule has 0 unspecified atom stereocenters. The van der Waals surface area contributed by atoms with E-state index in [1.807, 2.05) is 0 Å². The molecule has 0 saturated carbocycles. The molecule has 1 aliphatic rings. The number of hydrogen-bond donors (Lipinski definition) is 0. The third-order valence-corrected chi connectivity index (χ3v) is 4.91. The zero-order chi connectivity index (χ0) is 21.7. The van der Waals surface area contributed by atoms with E-state index in [0.29, 0.717) is 16.9 Å². The first-order chi connectivity index (χ1) is 14.3. The molecule has 2 aromatic rings. The second kappa shape index (κ2) is 9.58. The number of amides is 2. The van der Waals surface area contributed by atoms with Gasteiger partial charge in [0.25, 0.3) is 11.1 Å². The normalized spacial score (nSPS) is 15.2. The highest BCUT2D eigenvalue weighted by Gasteiger charge is 2.36. The predicted molar refractivity (Wildman–Crippen MR) is 111 cm³/mol. The summed E-state index contributed by atoms with van der Waals surface area (Å²) in [6.45, 7) is 3.20. The molecule has 0 atom stereocenters. The molecular formula is C22H20FNO5S. The summed E-state index contributed by atoms with van der Waals surface area (Å²) in [4.78, 5) is 37.4. The molecule has 1 aliphatic heterocycles. The van der Waals surface area contributed by atoms with E-state index in [9.17, 15) is 18.8 Å². The Balaban J connectivity index is 1.61. The molecule has 0 aliphatic carbocycles. The van der Waals surface area contributed by atoms with Crippen LogP contribution in [0.25, 0.3) is 6.08 Å². The summed E-state index contributed by atoms with van der Waals surface area (Å²) in [5, 5.41) is -0.512. The van der Waals surface area contributed by atoms with E-state index in [0.717, 1.165) is 16.7 Å². The van der Waals surface area contributed by atoms with Gasteiger partial charge in [-0.3, -0.25) is 19.3 Å². The molecule has 6 nitrogen and oxygen atoms in total. The van der Waals surface area contributed by atoms with E-state index in [1.54, 1.807) is 56.3 Å². The first-order valence-corrected chi connectivity index (χ1v) is 10.1. The van der Waals surface area contributed by atoms with Gasteiger partial charge in [0.05, 0.1) is 11.0 Å². The third kappa shape index (κ3) is 5.70. The fraction of sp³-hybridized carbons (Fsp3) is 0.227. The van der Waals surface area contributed by atoms with Crippen LogP contribution in [0.15, 0.2) is 53.4 Å². The van der Waals surface area contributed by atoms with E-state index in [2.05, 4.69) is 0 Å². The van der Waals surface area contributed by atoms with Gasteiger partial charge >= 0.3 is 5.97 Å². The van der Waals surface area contributed by atoms with Crippen molar-refractivity contribution in [3.8, 4) is 5.75 Å². The van der Waals surface area contributed by atoms with Crippen molar-refractivity contribution >= 4 is 35.0 Å². The molecule has 156 valence electrons. The van der Waals surface area contributed by atoms with Gasteiger partial charge in [-0.2, -0.15) is 0 Å². The molecule has 1 heterocycles. The number of benzene rings is 2. The monoisotopic (exact) mass is 429 g/mol. The topological polar surface area (TPSA) is 72.9 Å². The summed E-state index contributed by atoms with van der Waals surface area (Å²) in [5.74, 6) is -0.899. The van der Waals surface area contributed by atoms with Crippen LogP contribution in [0.4, 0.5) is 9.18 Å². The molecule has 1 fully saturated rings. The summed E-state index contributed by atoms with van der Waals surface area (Å²) in [7, 11) is 0. The van der Waals surface area contributed by atoms with Crippen molar-refractivity contribution in [3.05, 3.63) is 70.4 Å². The minimum Gasteiger partial charge on any atom is -0.489 e. The molecular weight excluding hydrogens is 409 g/mol. The number of esters is 1. The van der Waals surface area contributed by atoms with Crippen LogP contribution in [0.1, 0.15) is 25.0 Å². The largest absolute Gasteiger partial charge is 0.489 e. The molecule has 1 saturated heterocycles. The maximum absolute atomic E-state index is 13.2. The van der Waals surface area contributed by atoms with Gasteiger partial charge in [-0.15, -0.1) is 0 Å². The number of thioether (sulfide) groups is 1. The number of ether oxygens (including phenoxy) is 2. The highest BCUT2D eigenvalue weighted by atomic mass is 32.2. The van der Waals surface area contributed by atoms with Gasteiger partial charge in [0.2, 0.25) is 0 Å². The lowest BCUT2D eigenvalue weighted by molar-refractivity contribution is -0.149. The Morgan fingerprint density at radius 3 is 2.57 bits per heavy atom. The summed E-state index contributed by atoms with van der Waals surface area (Å²) < 4.78 is 23.8. The molecule has 8 heteroatoms. The first-order valence-electron chi connectivity index (χ1n) is 9.24. The minimum atomic E-state index is -0.631. The molecule has 0 spiro atoms. The van der Waals surface area contributed by atoms with Crippen molar-refractivity contribution in [1.82, 2.24) is 4.90 Å². The molecule has 0 N–H and O–H groups in total. The fourth-order valence-corrected chi connectivity index (χ4v) is 3.51. The summed E-state index contributed by atoms with van der Waals surface area (Å²) >= 11 is 0.775. The smallest absolute Gasteiger partial charge is 0.326 e. The maximum Gasteiger partial charge on any atom is 0.326 e. The standard InChI is InChI=1S/C22H20FNO5S/c1-14(2)29-20(25)12-24-21(26)19(30-22(24)27)11-15-6-8-18(9-7-15)28-13-16-4-3-5-17(23)10-16/h3-11,14H,12-13H2,1-2H3/b19-11+. The van der Waals surface area contributed by atoms with Crippen LogP contribution in [-0.4, -0.2) is 34.7 Å². The van der Waals surface area contributed by atoms with Crippen molar-refractivity contribution in [1.29, 1.82) is 0 Å². The van der Waals surface area contributed by atoms with Crippen molar-refractivity contribution in [2.24, 2.45) is 0 Å². The Morgan fingerprint density at radius 1 is 1.17 bits per heavy atom. The highest BCUT2D eigenvalue weighted by molar-refractivity contribution is 8.18. The first kappa shape index (κ1) is 21.6. The van der Waals surface area contributed by atoms with Crippen LogP contribution in [-0.2, 0) is 20.9 Å². The number of rotatable bonds is 7. The van der Waals surface area contributed by atoms with Crippen LogP contribution < -0.4 is 4.74 Å². The number of nitrogens with zero attached hydrogens (tertiary/aromatic N) is 1. The lowest BCUT2D eigenvalue weighted by Crippen LogP contribution is -2.35. The average molecular weight is 429 g/mol. The predicted octanol–water partition coefficient (Wildman–Crippen LogP) is 4.39. The summed E-state index contributed by atoms with van der Waals surface area (Å²) in [6.07, 6.45) is 1.25. The third-order valence-electron chi connectivity index (χ3n) is 4.00. The van der Waals surface area contributed by atoms with Crippen molar-refractivity contribution in [3.63, 3.8) is 0 Å². The number of carbonyl (C=O) groups excluding carboxylic acids is 3. The Labute approximate surface area is 177 Å². The molecule has 0 bridgehead atoms. The van der Waals surface area contributed by atoms with Crippen LogP contribution in [0, 0.1) is 5.82 Å². The lowest BCUT2D eigenvalue weighted by Gasteiger charge is -2.13. The van der Waals surface area contributed by atoms with Crippen LogP contribution in [0.3, 0.4) is 0 Å². The second-order valence-electron chi connectivity index (χ2n) is 6.79. The molecule has 3 rings (SSSR count). The van der Waals surface area contributed by atoms with E-state index in [1.165, 1.54) is 12.1 Å².